The predicted octanol–water partition coefficient (Wildman–Crippen LogP) is 3.03. The SMILES string of the molecule is C=CCN(c1ccccc1)S(=O)(=O)c1ccc(OC)c(NC(C)=O)c1. The molecule has 1 amide bonds. The second-order valence-corrected chi connectivity index (χ2v) is 7.07. The second-order valence-electron chi connectivity index (χ2n) is 5.20. The van der Waals surface area contributed by atoms with Gasteiger partial charge in [0, 0.05) is 6.92 Å². The molecule has 0 spiro atoms. The molecule has 132 valence electrons. The summed E-state index contributed by atoms with van der Waals surface area (Å²) >= 11 is 0. The summed E-state index contributed by atoms with van der Waals surface area (Å²) in [5.41, 5.74) is 0.821. The number of rotatable bonds is 7. The second kappa shape index (κ2) is 7.85. The Morgan fingerprint density at radius 1 is 1.24 bits per heavy atom. The zero-order chi connectivity index (χ0) is 18.4. The fraction of sp³-hybridized carbons (Fsp3) is 0.167. The lowest BCUT2D eigenvalue weighted by Gasteiger charge is -2.23. The summed E-state index contributed by atoms with van der Waals surface area (Å²) < 4.78 is 32.6. The van der Waals surface area contributed by atoms with Gasteiger partial charge in [-0.1, -0.05) is 24.3 Å². The maximum Gasteiger partial charge on any atom is 0.264 e. The molecular formula is C18H20N2O4S. The number of nitrogens with one attached hydrogen (secondary N) is 1. The molecule has 0 saturated carbocycles. The zero-order valence-electron chi connectivity index (χ0n) is 14.1. The third-order valence-corrected chi connectivity index (χ3v) is 5.20. The van der Waals surface area contributed by atoms with Gasteiger partial charge in [-0.2, -0.15) is 0 Å². The van der Waals surface area contributed by atoms with Gasteiger partial charge in [0.05, 0.1) is 29.9 Å². The molecule has 2 aromatic rings. The highest BCUT2D eigenvalue weighted by atomic mass is 32.2. The van der Waals surface area contributed by atoms with E-state index in [9.17, 15) is 13.2 Å². The first-order valence-corrected chi connectivity index (χ1v) is 8.98. The van der Waals surface area contributed by atoms with Crippen LogP contribution in [0.5, 0.6) is 5.75 Å². The fourth-order valence-electron chi connectivity index (χ4n) is 2.32. The third-order valence-electron chi connectivity index (χ3n) is 3.41. The number of nitrogens with zero attached hydrogens (tertiary/aromatic N) is 1. The van der Waals surface area contributed by atoms with Crippen LogP contribution in [0.4, 0.5) is 11.4 Å². The van der Waals surface area contributed by atoms with Crippen LogP contribution < -0.4 is 14.4 Å². The van der Waals surface area contributed by atoms with Gasteiger partial charge in [0.2, 0.25) is 5.91 Å². The molecule has 0 aliphatic heterocycles. The van der Waals surface area contributed by atoms with Crippen molar-refractivity contribution in [2.24, 2.45) is 0 Å². The summed E-state index contributed by atoms with van der Waals surface area (Å²) in [5, 5.41) is 2.58. The van der Waals surface area contributed by atoms with E-state index in [0.717, 1.165) is 0 Å². The number of para-hydroxylation sites is 1. The van der Waals surface area contributed by atoms with Crippen molar-refractivity contribution < 1.29 is 17.9 Å². The number of hydrogen-bond donors (Lipinski definition) is 1. The van der Waals surface area contributed by atoms with Crippen molar-refractivity contribution >= 4 is 27.3 Å². The van der Waals surface area contributed by atoms with Crippen molar-refractivity contribution in [1.82, 2.24) is 0 Å². The molecule has 7 heteroatoms. The lowest BCUT2D eigenvalue weighted by molar-refractivity contribution is -0.114. The zero-order valence-corrected chi connectivity index (χ0v) is 14.9. The average molecular weight is 360 g/mol. The van der Waals surface area contributed by atoms with Crippen molar-refractivity contribution in [3.8, 4) is 5.75 Å². The van der Waals surface area contributed by atoms with Crippen molar-refractivity contribution in [1.29, 1.82) is 0 Å². The fourth-order valence-corrected chi connectivity index (χ4v) is 3.78. The third kappa shape index (κ3) is 4.19. The normalized spacial score (nSPS) is 10.8. The van der Waals surface area contributed by atoms with Crippen LogP contribution in [0.1, 0.15) is 6.92 Å². The van der Waals surface area contributed by atoms with Crippen LogP contribution in [0, 0.1) is 0 Å². The van der Waals surface area contributed by atoms with Crippen molar-refractivity contribution in [2.75, 3.05) is 23.3 Å². The van der Waals surface area contributed by atoms with E-state index in [4.69, 9.17) is 4.74 Å². The summed E-state index contributed by atoms with van der Waals surface area (Å²) in [7, 11) is -2.40. The highest BCUT2D eigenvalue weighted by Crippen LogP contribution is 2.30. The first-order chi connectivity index (χ1) is 11.9. The molecule has 0 heterocycles. The summed E-state index contributed by atoms with van der Waals surface area (Å²) in [6.07, 6.45) is 1.52. The maximum absolute atomic E-state index is 13.1. The monoisotopic (exact) mass is 360 g/mol. The molecule has 0 saturated heterocycles. The minimum Gasteiger partial charge on any atom is -0.495 e. The van der Waals surface area contributed by atoms with Gasteiger partial charge in [-0.05, 0) is 30.3 Å². The molecule has 0 bridgehead atoms. The molecule has 0 aromatic heterocycles. The van der Waals surface area contributed by atoms with E-state index in [1.54, 1.807) is 24.3 Å². The Balaban J connectivity index is 2.53. The van der Waals surface area contributed by atoms with Crippen molar-refractivity contribution in [3.05, 3.63) is 61.2 Å². The van der Waals surface area contributed by atoms with Gasteiger partial charge >= 0.3 is 0 Å². The van der Waals surface area contributed by atoms with E-state index in [1.807, 2.05) is 6.07 Å². The number of benzene rings is 2. The van der Waals surface area contributed by atoms with Gasteiger partial charge in [0.15, 0.2) is 0 Å². The average Bonchev–Trinajstić information content (AvgIpc) is 2.59. The highest BCUT2D eigenvalue weighted by Gasteiger charge is 2.25. The van der Waals surface area contributed by atoms with Gasteiger partial charge in [0.1, 0.15) is 5.75 Å². The molecule has 2 aromatic carbocycles. The van der Waals surface area contributed by atoms with Gasteiger partial charge in [-0.3, -0.25) is 9.10 Å². The molecule has 0 radical (unpaired) electrons. The Morgan fingerprint density at radius 3 is 2.48 bits per heavy atom. The number of carbonyl (C=O) groups excluding carboxylic acids is 1. The predicted molar refractivity (Wildman–Crippen MR) is 98.5 cm³/mol. The van der Waals surface area contributed by atoms with Crippen LogP contribution in [0.2, 0.25) is 0 Å². The van der Waals surface area contributed by atoms with E-state index in [-0.39, 0.29) is 17.3 Å². The number of sulfonamides is 1. The standard InChI is InChI=1S/C18H20N2O4S/c1-4-12-20(15-8-6-5-7-9-15)25(22,23)16-10-11-18(24-3)17(13-16)19-14(2)21/h4-11,13H,1,12H2,2-3H3,(H,19,21). The number of ether oxygens (including phenoxy) is 1. The number of carbonyl (C=O) groups is 1. The Kier molecular flexibility index (Phi) is 5.82. The number of amides is 1. The molecule has 0 unspecified atom stereocenters. The van der Waals surface area contributed by atoms with Gasteiger partial charge in [-0.15, -0.1) is 6.58 Å². The molecule has 6 nitrogen and oxygen atoms in total. The molecule has 2 rings (SSSR count). The van der Waals surface area contributed by atoms with Crippen LogP contribution in [-0.4, -0.2) is 28.0 Å². The molecule has 0 fully saturated rings. The number of anilines is 2. The molecule has 0 atom stereocenters. The molecule has 1 N–H and O–H groups in total. The van der Waals surface area contributed by atoms with Gasteiger partial charge in [0.25, 0.3) is 10.0 Å². The highest BCUT2D eigenvalue weighted by molar-refractivity contribution is 7.92. The van der Waals surface area contributed by atoms with Crippen LogP contribution in [0.25, 0.3) is 0 Å². The number of hydrogen-bond acceptors (Lipinski definition) is 4. The van der Waals surface area contributed by atoms with Crippen molar-refractivity contribution in [3.63, 3.8) is 0 Å². The smallest absolute Gasteiger partial charge is 0.264 e. The molecule has 0 aliphatic rings. The van der Waals surface area contributed by atoms with E-state index in [0.29, 0.717) is 17.1 Å². The van der Waals surface area contributed by atoms with E-state index < -0.39 is 10.0 Å². The number of methoxy groups -OCH3 is 1. The molecule has 25 heavy (non-hydrogen) atoms. The Labute approximate surface area is 147 Å². The van der Waals surface area contributed by atoms with Crippen LogP contribution in [-0.2, 0) is 14.8 Å². The lowest BCUT2D eigenvalue weighted by atomic mass is 10.3. The Bertz CT molecular complexity index is 864. The summed E-state index contributed by atoms with van der Waals surface area (Å²) in [6, 6.07) is 13.1. The van der Waals surface area contributed by atoms with Crippen molar-refractivity contribution in [2.45, 2.75) is 11.8 Å². The first kappa shape index (κ1) is 18.5. The largest absolute Gasteiger partial charge is 0.495 e. The van der Waals surface area contributed by atoms with Gasteiger partial charge in [-0.25, -0.2) is 8.42 Å². The van der Waals surface area contributed by atoms with Crippen LogP contribution >= 0.6 is 0 Å². The first-order valence-electron chi connectivity index (χ1n) is 7.54. The molecular weight excluding hydrogens is 340 g/mol. The Hall–Kier alpha value is -2.80. The topological polar surface area (TPSA) is 75.7 Å². The van der Waals surface area contributed by atoms with Crippen LogP contribution in [0.15, 0.2) is 66.1 Å². The maximum atomic E-state index is 13.1. The lowest BCUT2D eigenvalue weighted by Crippen LogP contribution is -2.31. The van der Waals surface area contributed by atoms with E-state index >= 15 is 0 Å². The summed E-state index contributed by atoms with van der Waals surface area (Å²) in [5.74, 6) is 0.0583. The minimum absolute atomic E-state index is 0.0442. The quantitative estimate of drug-likeness (QED) is 0.770. The van der Waals surface area contributed by atoms with E-state index in [2.05, 4.69) is 11.9 Å². The van der Waals surface area contributed by atoms with E-state index in [1.165, 1.54) is 42.6 Å². The van der Waals surface area contributed by atoms with Gasteiger partial charge < -0.3 is 10.1 Å². The minimum atomic E-state index is -3.84. The Morgan fingerprint density at radius 2 is 1.92 bits per heavy atom. The molecule has 0 aliphatic carbocycles. The summed E-state index contributed by atoms with van der Waals surface area (Å²) in [6.45, 7) is 5.10. The van der Waals surface area contributed by atoms with Crippen LogP contribution in [0.3, 0.4) is 0 Å². The summed E-state index contributed by atoms with van der Waals surface area (Å²) in [4.78, 5) is 11.4.